The Labute approximate surface area is 124 Å². The van der Waals surface area contributed by atoms with Crippen LogP contribution in [0.3, 0.4) is 0 Å². The summed E-state index contributed by atoms with van der Waals surface area (Å²) in [6.45, 7) is 2.66. The number of ether oxygens (including phenoxy) is 1. The second kappa shape index (κ2) is 6.26. The van der Waals surface area contributed by atoms with Crippen molar-refractivity contribution in [2.75, 3.05) is 12.3 Å². The van der Waals surface area contributed by atoms with Gasteiger partial charge in [0.15, 0.2) is 5.17 Å². The molecule has 1 fully saturated rings. The Hall–Kier alpha value is -1.88. The predicted octanol–water partition coefficient (Wildman–Crippen LogP) is 3.53. The van der Waals surface area contributed by atoms with Crippen LogP contribution in [0.4, 0.5) is 13.2 Å². The minimum absolute atomic E-state index is 0.0768. The molecular formula is C13H12F3N3OS. The van der Waals surface area contributed by atoms with E-state index < -0.39 is 6.36 Å². The number of hydrogen-bond acceptors (Lipinski definition) is 4. The fourth-order valence-electron chi connectivity index (χ4n) is 2.04. The highest BCUT2D eigenvalue weighted by molar-refractivity contribution is 8.14. The molecule has 0 amide bonds. The molecule has 0 aromatic heterocycles. The first-order valence-corrected chi connectivity index (χ1v) is 7.11. The maximum absolute atomic E-state index is 12.1. The van der Waals surface area contributed by atoms with Gasteiger partial charge in [-0.15, -0.1) is 18.2 Å². The molecule has 21 heavy (non-hydrogen) atoms. The van der Waals surface area contributed by atoms with Crippen LogP contribution >= 0.6 is 11.8 Å². The van der Waals surface area contributed by atoms with E-state index in [0.717, 1.165) is 17.9 Å². The molecule has 112 valence electrons. The van der Waals surface area contributed by atoms with Crippen molar-refractivity contribution in [1.29, 1.82) is 5.26 Å². The molecule has 0 spiro atoms. The molecule has 1 aromatic rings. The number of aliphatic imine (C=N–C) groups is 1. The lowest BCUT2D eigenvalue weighted by Crippen LogP contribution is -2.27. The van der Waals surface area contributed by atoms with Crippen molar-refractivity contribution in [2.24, 2.45) is 4.99 Å². The SMILES string of the molecule is CC(c1ccc(OC(F)(F)F)cc1)N1CCSC1=NC#N. The maximum atomic E-state index is 12.1. The topological polar surface area (TPSA) is 48.6 Å². The molecule has 1 unspecified atom stereocenters. The smallest absolute Gasteiger partial charge is 0.406 e. The third-order valence-corrected chi connectivity index (χ3v) is 3.99. The summed E-state index contributed by atoms with van der Waals surface area (Å²) in [5, 5.41) is 9.28. The fourth-order valence-corrected chi connectivity index (χ4v) is 3.03. The third-order valence-electron chi connectivity index (χ3n) is 3.02. The van der Waals surface area contributed by atoms with Gasteiger partial charge in [-0.2, -0.15) is 5.26 Å². The number of amidine groups is 1. The summed E-state index contributed by atoms with van der Waals surface area (Å²) in [5.74, 6) is 0.584. The number of nitriles is 1. The Morgan fingerprint density at radius 1 is 1.38 bits per heavy atom. The highest BCUT2D eigenvalue weighted by Gasteiger charge is 2.31. The highest BCUT2D eigenvalue weighted by Crippen LogP contribution is 2.30. The van der Waals surface area contributed by atoms with Gasteiger partial charge in [0.1, 0.15) is 5.75 Å². The molecule has 1 heterocycles. The molecule has 1 saturated heterocycles. The minimum Gasteiger partial charge on any atom is -0.406 e. The molecule has 2 rings (SSSR count). The lowest BCUT2D eigenvalue weighted by atomic mass is 10.1. The van der Waals surface area contributed by atoms with Crippen molar-refractivity contribution < 1.29 is 17.9 Å². The Morgan fingerprint density at radius 3 is 2.62 bits per heavy atom. The average molecular weight is 315 g/mol. The van der Waals surface area contributed by atoms with Gasteiger partial charge in [0.05, 0.1) is 6.04 Å². The van der Waals surface area contributed by atoms with Crippen LogP contribution in [0.5, 0.6) is 5.75 Å². The zero-order chi connectivity index (χ0) is 15.5. The zero-order valence-electron chi connectivity index (χ0n) is 11.1. The van der Waals surface area contributed by atoms with E-state index in [1.807, 2.05) is 11.8 Å². The largest absolute Gasteiger partial charge is 0.573 e. The van der Waals surface area contributed by atoms with E-state index in [0.29, 0.717) is 5.17 Å². The van der Waals surface area contributed by atoms with Crippen LogP contribution < -0.4 is 4.74 Å². The second-order valence-corrected chi connectivity index (χ2v) is 5.39. The normalized spacial score (nSPS) is 18.6. The van der Waals surface area contributed by atoms with Crippen LogP contribution in [0.1, 0.15) is 18.5 Å². The van der Waals surface area contributed by atoms with Gasteiger partial charge >= 0.3 is 6.36 Å². The van der Waals surface area contributed by atoms with Gasteiger partial charge in [-0.1, -0.05) is 23.9 Å². The maximum Gasteiger partial charge on any atom is 0.573 e. The Bertz CT molecular complexity index is 566. The Kier molecular flexibility index (Phi) is 4.63. The quantitative estimate of drug-likeness (QED) is 0.801. The number of thioether (sulfide) groups is 1. The molecule has 0 N–H and O–H groups in total. The van der Waals surface area contributed by atoms with Crippen molar-refractivity contribution in [3.8, 4) is 11.9 Å². The first-order chi connectivity index (χ1) is 9.90. The van der Waals surface area contributed by atoms with Crippen molar-refractivity contribution >= 4 is 16.9 Å². The summed E-state index contributed by atoms with van der Waals surface area (Å²) < 4.78 is 40.1. The summed E-state index contributed by atoms with van der Waals surface area (Å²) in [6, 6.07) is 5.65. The van der Waals surface area contributed by atoms with Gasteiger partial charge in [0.2, 0.25) is 6.19 Å². The predicted molar refractivity (Wildman–Crippen MR) is 73.8 cm³/mol. The number of nitrogens with zero attached hydrogens (tertiary/aromatic N) is 3. The van der Waals surface area contributed by atoms with E-state index in [1.165, 1.54) is 23.9 Å². The molecule has 4 nitrogen and oxygen atoms in total. The summed E-state index contributed by atoms with van der Waals surface area (Å²) in [5.41, 5.74) is 0.831. The van der Waals surface area contributed by atoms with E-state index in [1.54, 1.807) is 18.3 Å². The second-order valence-electron chi connectivity index (χ2n) is 4.33. The number of benzene rings is 1. The first kappa shape index (κ1) is 15.5. The standard InChI is InChI=1S/C13H12F3N3OS/c1-9(19-6-7-21-12(19)18-8-17)10-2-4-11(5-3-10)20-13(14,15)16/h2-5,9H,6-7H2,1H3. The van der Waals surface area contributed by atoms with Crippen LogP contribution in [-0.4, -0.2) is 28.7 Å². The summed E-state index contributed by atoms with van der Waals surface area (Å²) in [7, 11) is 0. The molecule has 1 atom stereocenters. The lowest BCUT2D eigenvalue weighted by molar-refractivity contribution is -0.274. The van der Waals surface area contributed by atoms with E-state index in [2.05, 4.69) is 9.73 Å². The number of alkyl halides is 3. The summed E-state index contributed by atoms with van der Waals surface area (Å²) in [4.78, 5) is 5.71. The van der Waals surface area contributed by atoms with Gasteiger partial charge in [-0.05, 0) is 24.6 Å². The van der Waals surface area contributed by atoms with Crippen molar-refractivity contribution in [3.05, 3.63) is 29.8 Å². The van der Waals surface area contributed by atoms with E-state index in [9.17, 15) is 13.2 Å². The summed E-state index contributed by atoms with van der Waals surface area (Å²) in [6.07, 6.45) is -2.93. The van der Waals surface area contributed by atoms with Crippen LogP contribution in [-0.2, 0) is 0 Å². The van der Waals surface area contributed by atoms with Crippen molar-refractivity contribution in [1.82, 2.24) is 4.90 Å². The third kappa shape index (κ3) is 4.04. The van der Waals surface area contributed by atoms with Crippen molar-refractivity contribution in [3.63, 3.8) is 0 Å². The Morgan fingerprint density at radius 2 is 2.05 bits per heavy atom. The first-order valence-electron chi connectivity index (χ1n) is 6.12. The van der Waals surface area contributed by atoms with Gasteiger partial charge < -0.3 is 9.64 Å². The molecule has 0 bridgehead atoms. The van der Waals surface area contributed by atoms with E-state index in [4.69, 9.17) is 5.26 Å². The van der Waals surface area contributed by atoms with Crippen LogP contribution in [0.2, 0.25) is 0 Å². The highest BCUT2D eigenvalue weighted by atomic mass is 32.2. The summed E-state index contributed by atoms with van der Waals surface area (Å²) >= 11 is 1.49. The molecule has 0 radical (unpaired) electrons. The number of halogens is 3. The minimum atomic E-state index is -4.69. The fraction of sp³-hybridized carbons (Fsp3) is 0.385. The number of hydrogen-bond donors (Lipinski definition) is 0. The van der Waals surface area contributed by atoms with E-state index >= 15 is 0 Å². The Balaban J connectivity index is 2.12. The molecular weight excluding hydrogens is 303 g/mol. The van der Waals surface area contributed by atoms with Crippen LogP contribution in [0.25, 0.3) is 0 Å². The molecule has 0 aliphatic carbocycles. The zero-order valence-corrected chi connectivity index (χ0v) is 11.9. The van der Waals surface area contributed by atoms with Crippen LogP contribution in [0.15, 0.2) is 29.3 Å². The molecule has 1 aliphatic heterocycles. The van der Waals surface area contributed by atoms with Gasteiger partial charge in [-0.3, -0.25) is 0 Å². The molecule has 1 aliphatic rings. The van der Waals surface area contributed by atoms with Crippen LogP contribution in [0, 0.1) is 11.5 Å². The van der Waals surface area contributed by atoms with E-state index in [-0.39, 0.29) is 11.8 Å². The number of rotatable bonds is 3. The lowest BCUT2D eigenvalue weighted by Gasteiger charge is -2.25. The van der Waals surface area contributed by atoms with Gasteiger partial charge in [0.25, 0.3) is 0 Å². The molecule has 0 saturated carbocycles. The average Bonchev–Trinajstić information content (AvgIpc) is 2.86. The van der Waals surface area contributed by atoms with Gasteiger partial charge in [0, 0.05) is 12.3 Å². The molecule has 1 aromatic carbocycles. The van der Waals surface area contributed by atoms with Crippen molar-refractivity contribution in [2.45, 2.75) is 19.3 Å². The monoisotopic (exact) mass is 315 g/mol. The molecule has 8 heteroatoms. The van der Waals surface area contributed by atoms with Gasteiger partial charge in [-0.25, -0.2) is 0 Å².